The summed E-state index contributed by atoms with van der Waals surface area (Å²) in [7, 11) is -3.55. The second-order valence-electron chi connectivity index (χ2n) is 16.9. The summed E-state index contributed by atoms with van der Waals surface area (Å²) in [5.74, 6) is -3.22. The third-order valence-electron chi connectivity index (χ3n) is 12.2. The van der Waals surface area contributed by atoms with Gasteiger partial charge in [0.25, 0.3) is 23.6 Å². The van der Waals surface area contributed by atoms with Gasteiger partial charge in [0, 0.05) is 74.6 Å². The van der Waals surface area contributed by atoms with E-state index in [0.29, 0.717) is 50.0 Å². The van der Waals surface area contributed by atoms with Crippen LogP contribution in [-0.2, 0) is 34.0 Å². The summed E-state index contributed by atoms with van der Waals surface area (Å²) in [4.78, 5) is 115. The van der Waals surface area contributed by atoms with Gasteiger partial charge in [-0.25, -0.2) is 18.4 Å². The van der Waals surface area contributed by atoms with Crippen LogP contribution in [0.25, 0.3) is 22.4 Å². The average Bonchev–Trinajstić information content (AvgIpc) is 3.59. The number of pyridine rings is 1. The first-order chi connectivity index (χ1) is 33.1. The monoisotopic (exact) mass is 976 g/mol. The van der Waals surface area contributed by atoms with Crippen LogP contribution in [0.3, 0.4) is 0 Å². The highest BCUT2D eigenvalue weighted by atomic mass is 32.2. The summed E-state index contributed by atoms with van der Waals surface area (Å²) in [5.41, 5.74) is 3.55. The summed E-state index contributed by atoms with van der Waals surface area (Å²) in [6.45, 7) is 1.78. The molecule has 356 valence electrons. The molecule has 4 aliphatic rings. The third-order valence-corrected chi connectivity index (χ3v) is 14.0. The minimum atomic E-state index is -3.55. The number of piperazine rings is 1. The molecule has 0 spiro atoms. The first-order valence-electron chi connectivity index (χ1n) is 21.9. The molecule has 0 bridgehead atoms. The van der Waals surface area contributed by atoms with Gasteiger partial charge in [-0.3, -0.25) is 52.5 Å². The van der Waals surface area contributed by atoms with E-state index in [4.69, 9.17) is 4.74 Å². The van der Waals surface area contributed by atoms with Crippen molar-refractivity contribution in [3.8, 4) is 28.1 Å². The summed E-state index contributed by atoms with van der Waals surface area (Å²) in [5, 5.41) is 12.3. The topological polar surface area (TPSA) is 268 Å². The van der Waals surface area contributed by atoms with Crippen LogP contribution in [0.4, 0.5) is 10.9 Å². The number of nitrogens with zero attached hydrogens (tertiary/aromatic N) is 6. The van der Waals surface area contributed by atoms with Crippen LogP contribution in [0.5, 0.6) is 5.75 Å². The lowest BCUT2D eigenvalue weighted by Crippen LogP contribution is -2.54. The van der Waals surface area contributed by atoms with Crippen molar-refractivity contribution in [3.63, 3.8) is 0 Å². The Balaban J connectivity index is 0.707. The summed E-state index contributed by atoms with van der Waals surface area (Å²) in [6.07, 6.45) is 5.87. The van der Waals surface area contributed by atoms with Gasteiger partial charge in [0.1, 0.15) is 17.6 Å². The molecule has 5 aromatic rings. The maximum Gasteiger partial charge on any atom is 0.262 e. The van der Waals surface area contributed by atoms with Crippen molar-refractivity contribution < 1.29 is 51.5 Å². The Kier molecular flexibility index (Phi) is 12.8. The van der Waals surface area contributed by atoms with Crippen molar-refractivity contribution >= 4 is 79.6 Å². The van der Waals surface area contributed by atoms with Crippen LogP contribution in [0.1, 0.15) is 50.3 Å². The van der Waals surface area contributed by atoms with E-state index in [2.05, 4.69) is 36.1 Å². The molecule has 3 atom stereocenters. The minimum Gasteiger partial charge on any atom is -0.484 e. The number of benzene rings is 2. The highest BCUT2D eigenvalue weighted by Gasteiger charge is 2.46. The second kappa shape index (κ2) is 19.1. The molecule has 3 fully saturated rings. The van der Waals surface area contributed by atoms with Crippen LogP contribution < -0.4 is 30.9 Å². The molecule has 2 aromatic carbocycles. The Morgan fingerprint density at radius 2 is 1.65 bits per heavy atom. The van der Waals surface area contributed by atoms with E-state index < -0.39 is 57.4 Å². The van der Waals surface area contributed by atoms with Gasteiger partial charge in [-0.15, -0.1) is 11.3 Å². The fourth-order valence-electron chi connectivity index (χ4n) is 8.39. The quantitative estimate of drug-likeness (QED) is 0.109. The summed E-state index contributed by atoms with van der Waals surface area (Å²) >= 11 is 1.23. The number of aromatic nitrogens is 3. The van der Waals surface area contributed by atoms with Crippen molar-refractivity contribution in [2.24, 2.45) is 11.8 Å². The van der Waals surface area contributed by atoms with E-state index in [1.165, 1.54) is 48.0 Å². The fourth-order valence-corrected chi connectivity index (χ4v) is 9.71. The Bertz CT molecular complexity index is 3050. The van der Waals surface area contributed by atoms with E-state index in [1.807, 2.05) is 46.7 Å². The van der Waals surface area contributed by atoms with Gasteiger partial charge >= 0.3 is 0 Å². The van der Waals surface area contributed by atoms with Gasteiger partial charge in [0.15, 0.2) is 11.7 Å². The number of amides is 8. The number of fused-ring (bicyclic) bond motifs is 1. The van der Waals surface area contributed by atoms with E-state index in [1.54, 1.807) is 6.20 Å². The Morgan fingerprint density at radius 1 is 0.884 bits per heavy atom. The number of nitrogens with one attached hydrogen (secondary N) is 4. The number of hydrogen-bond donors (Lipinski definition) is 4. The lowest BCUT2D eigenvalue weighted by atomic mass is 10.0. The van der Waals surface area contributed by atoms with Gasteiger partial charge in [0.05, 0.1) is 35.2 Å². The van der Waals surface area contributed by atoms with Crippen molar-refractivity contribution in [1.29, 1.82) is 0 Å². The molecule has 4 N–H and O–H groups in total. The molecule has 8 amide bonds. The van der Waals surface area contributed by atoms with Gasteiger partial charge in [-0.1, -0.05) is 18.2 Å². The highest BCUT2D eigenvalue weighted by molar-refractivity contribution is 7.89. The van der Waals surface area contributed by atoms with Gasteiger partial charge in [-0.2, -0.15) is 0 Å². The lowest BCUT2D eigenvalue weighted by Gasteiger charge is -2.35. The molecule has 9 rings (SSSR count). The molecule has 3 aromatic heterocycles. The standard InChI is InChI=1S/C46H44N10O11S2/c1-69(65,66)55-12-10-29(23-55)41(60)49-22-39(58)52-46-50-35(25-68-46)28-4-2-3-26(17-28)27-9-11-47-37(19-27)53-13-15-54(16-14-53)43(62)33-18-30(33)21-48-40(59)24-67-31-5-6-32-34(20-31)45(64)56(44(32)63)36-7-8-38(57)51-42(36)61/h2-6,9-12,17,19-20,23,25,30,33,36H,7-8,13-16,18,21-22,24H2,1H3,(H,48,59)(H,49,60)(H,50,52,58)(H,51,57,61). The SMILES string of the molecule is CS(=O)(=O)n1ccc(C(=O)NCC(=O)Nc2nc(-c3cccc(-c4ccnc(N5CCN(C(=O)C6CC6CNC(=O)COc6ccc7c(c6)C(=O)N(C6CCC(=O)NC6=O)C7=O)CC5)c4)c3)cs2)c1. The number of anilines is 2. The van der Waals surface area contributed by atoms with Crippen molar-refractivity contribution in [2.75, 3.05) is 62.3 Å². The fraction of sp³-hybridized carbons (Fsp3) is 0.304. The maximum absolute atomic E-state index is 13.4. The molecule has 3 aliphatic heterocycles. The predicted octanol–water partition coefficient (Wildman–Crippen LogP) is 1.73. The number of carbonyl (C=O) groups excluding carboxylic acids is 8. The van der Waals surface area contributed by atoms with Crippen molar-refractivity contribution in [2.45, 2.75) is 25.3 Å². The van der Waals surface area contributed by atoms with Crippen LogP contribution in [0, 0.1) is 11.8 Å². The first kappa shape index (κ1) is 46.3. The summed E-state index contributed by atoms with van der Waals surface area (Å²) < 4.78 is 29.9. The molecule has 6 heterocycles. The van der Waals surface area contributed by atoms with Crippen LogP contribution in [0.2, 0.25) is 0 Å². The third kappa shape index (κ3) is 10.2. The largest absolute Gasteiger partial charge is 0.484 e. The highest BCUT2D eigenvalue weighted by Crippen LogP contribution is 2.40. The zero-order chi connectivity index (χ0) is 48.6. The van der Waals surface area contributed by atoms with Crippen LogP contribution in [-0.4, -0.2) is 138 Å². The number of carbonyl (C=O) groups is 8. The number of hydrogen-bond acceptors (Lipinski definition) is 15. The molecular weight excluding hydrogens is 933 g/mol. The zero-order valence-corrected chi connectivity index (χ0v) is 38.5. The number of piperidine rings is 1. The van der Waals surface area contributed by atoms with Crippen LogP contribution >= 0.6 is 11.3 Å². The Labute approximate surface area is 398 Å². The zero-order valence-electron chi connectivity index (χ0n) is 36.9. The van der Waals surface area contributed by atoms with E-state index in [9.17, 15) is 46.8 Å². The molecule has 1 aliphatic carbocycles. The molecule has 23 heteroatoms. The molecule has 0 radical (unpaired) electrons. The number of imide groups is 2. The molecule has 21 nitrogen and oxygen atoms in total. The van der Waals surface area contributed by atoms with E-state index in [-0.39, 0.29) is 66.2 Å². The number of thiazole rings is 1. The molecule has 69 heavy (non-hydrogen) atoms. The van der Waals surface area contributed by atoms with Gasteiger partial charge in [0.2, 0.25) is 33.7 Å². The normalized spacial score (nSPS) is 18.9. The minimum absolute atomic E-state index is 0.00713. The Morgan fingerprint density at radius 3 is 2.42 bits per heavy atom. The van der Waals surface area contributed by atoms with E-state index >= 15 is 0 Å². The van der Waals surface area contributed by atoms with Crippen molar-refractivity contribution in [1.82, 2.24) is 39.7 Å². The van der Waals surface area contributed by atoms with Crippen molar-refractivity contribution in [3.05, 3.63) is 101 Å². The molecule has 2 saturated heterocycles. The van der Waals surface area contributed by atoms with Gasteiger partial charge in [-0.05, 0) is 72.4 Å². The predicted molar refractivity (Wildman–Crippen MR) is 248 cm³/mol. The van der Waals surface area contributed by atoms with Crippen LogP contribution in [0.15, 0.2) is 84.6 Å². The Hall–Kier alpha value is -7.79. The first-order valence-corrected chi connectivity index (χ1v) is 24.6. The molecule has 1 saturated carbocycles. The van der Waals surface area contributed by atoms with E-state index in [0.717, 1.165) is 37.6 Å². The average molecular weight is 977 g/mol. The molecular formula is C46H44N10O11S2. The maximum atomic E-state index is 13.4. The number of rotatable bonds is 15. The lowest BCUT2D eigenvalue weighted by molar-refractivity contribution is -0.136. The second-order valence-corrected chi connectivity index (χ2v) is 19.7. The van der Waals surface area contributed by atoms with Gasteiger partial charge < -0.3 is 30.5 Å². The smallest absolute Gasteiger partial charge is 0.262 e. The molecule has 3 unspecified atom stereocenters. The number of ether oxygens (including phenoxy) is 1. The summed E-state index contributed by atoms with van der Waals surface area (Å²) in [6, 6.07) is 16.2.